The molecular formula is C13H23N5O2. The summed E-state index contributed by atoms with van der Waals surface area (Å²) in [6.07, 6.45) is 0. The fourth-order valence-electron chi connectivity index (χ4n) is 2.28. The molecule has 0 aliphatic carbocycles. The fourth-order valence-corrected chi connectivity index (χ4v) is 2.28. The molecule has 1 fully saturated rings. The Morgan fingerprint density at radius 1 is 1.50 bits per heavy atom. The zero-order valence-corrected chi connectivity index (χ0v) is 12.3. The Balaban J connectivity index is 1.75. The Kier molecular flexibility index (Phi) is 4.97. The van der Waals surface area contributed by atoms with E-state index in [-0.39, 0.29) is 6.03 Å². The first-order valence-electron chi connectivity index (χ1n) is 6.93. The van der Waals surface area contributed by atoms with Crippen molar-refractivity contribution in [3.05, 3.63) is 11.8 Å². The van der Waals surface area contributed by atoms with Gasteiger partial charge in [0.05, 0.1) is 18.9 Å². The minimum atomic E-state index is -0.201. The second-order valence-electron chi connectivity index (χ2n) is 5.13. The van der Waals surface area contributed by atoms with Gasteiger partial charge in [0.1, 0.15) is 5.82 Å². The lowest BCUT2D eigenvalue weighted by Gasteiger charge is -2.32. The number of hydrogen-bond acceptors (Lipinski definition) is 4. The lowest BCUT2D eigenvalue weighted by Crippen LogP contribution is -2.47. The van der Waals surface area contributed by atoms with E-state index in [0.717, 1.165) is 32.0 Å². The molecule has 7 nitrogen and oxygen atoms in total. The SMILES string of the molecule is Cc1cc(NC(=O)NC[C@@H](C)N2CCOCC2)n(C)n1. The molecule has 0 radical (unpaired) electrons. The van der Waals surface area contributed by atoms with Gasteiger partial charge in [-0.1, -0.05) is 0 Å². The van der Waals surface area contributed by atoms with E-state index < -0.39 is 0 Å². The Morgan fingerprint density at radius 2 is 2.20 bits per heavy atom. The average molecular weight is 281 g/mol. The highest BCUT2D eigenvalue weighted by Crippen LogP contribution is 2.07. The standard InChI is InChI=1S/C13H23N5O2/c1-10-8-12(17(3)16-10)15-13(19)14-9-11(2)18-4-6-20-7-5-18/h8,11H,4-7,9H2,1-3H3,(H2,14,15,19)/t11-/m1/s1. The number of aromatic nitrogens is 2. The molecule has 1 aromatic heterocycles. The van der Waals surface area contributed by atoms with Gasteiger partial charge in [-0.25, -0.2) is 4.79 Å². The maximum absolute atomic E-state index is 11.9. The zero-order valence-electron chi connectivity index (χ0n) is 12.3. The molecule has 1 aliphatic rings. The van der Waals surface area contributed by atoms with Gasteiger partial charge in [-0.05, 0) is 13.8 Å². The van der Waals surface area contributed by atoms with Crippen molar-refractivity contribution in [3.8, 4) is 0 Å². The van der Waals surface area contributed by atoms with E-state index in [1.54, 1.807) is 11.7 Å². The maximum atomic E-state index is 11.9. The number of anilines is 1. The first-order chi connectivity index (χ1) is 9.56. The number of hydrogen-bond donors (Lipinski definition) is 2. The van der Waals surface area contributed by atoms with Crippen molar-refractivity contribution >= 4 is 11.8 Å². The summed E-state index contributed by atoms with van der Waals surface area (Å²) in [5.41, 5.74) is 0.879. The van der Waals surface area contributed by atoms with Crippen LogP contribution in [0, 0.1) is 6.92 Å². The molecule has 2 N–H and O–H groups in total. The summed E-state index contributed by atoms with van der Waals surface area (Å²) in [6.45, 7) is 8.00. The van der Waals surface area contributed by atoms with Crippen LogP contribution in [0.5, 0.6) is 0 Å². The molecule has 2 rings (SSSR count). The Bertz CT molecular complexity index is 454. The van der Waals surface area contributed by atoms with Gasteiger partial charge in [-0.15, -0.1) is 0 Å². The van der Waals surface area contributed by atoms with Crippen molar-refractivity contribution in [1.82, 2.24) is 20.0 Å². The molecule has 2 amide bonds. The summed E-state index contributed by atoms with van der Waals surface area (Å²) in [4.78, 5) is 14.2. The topological polar surface area (TPSA) is 71.4 Å². The van der Waals surface area contributed by atoms with Gasteiger partial charge >= 0.3 is 6.03 Å². The molecule has 1 aromatic rings. The minimum absolute atomic E-state index is 0.201. The molecule has 112 valence electrons. The normalized spacial score (nSPS) is 17.8. The maximum Gasteiger partial charge on any atom is 0.320 e. The number of aryl methyl sites for hydroxylation is 2. The monoisotopic (exact) mass is 281 g/mol. The van der Waals surface area contributed by atoms with E-state index in [1.165, 1.54) is 0 Å². The highest BCUT2D eigenvalue weighted by Gasteiger charge is 2.17. The van der Waals surface area contributed by atoms with E-state index in [1.807, 2.05) is 13.0 Å². The van der Waals surface area contributed by atoms with Crippen LogP contribution in [-0.4, -0.2) is 59.6 Å². The second-order valence-corrected chi connectivity index (χ2v) is 5.13. The lowest BCUT2D eigenvalue weighted by atomic mass is 10.2. The van der Waals surface area contributed by atoms with Gasteiger partial charge in [0.25, 0.3) is 0 Å². The predicted molar refractivity (Wildman–Crippen MR) is 76.8 cm³/mol. The molecular weight excluding hydrogens is 258 g/mol. The molecule has 0 spiro atoms. The van der Waals surface area contributed by atoms with E-state index in [2.05, 4.69) is 27.6 Å². The highest BCUT2D eigenvalue weighted by molar-refractivity contribution is 5.88. The van der Waals surface area contributed by atoms with Crippen LogP contribution in [0.1, 0.15) is 12.6 Å². The highest BCUT2D eigenvalue weighted by atomic mass is 16.5. The fraction of sp³-hybridized carbons (Fsp3) is 0.692. The third-order valence-corrected chi connectivity index (χ3v) is 3.47. The van der Waals surface area contributed by atoms with Crippen molar-refractivity contribution in [3.63, 3.8) is 0 Å². The van der Waals surface area contributed by atoms with Crippen molar-refractivity contribution in [2.24, 2.45) is 7.05 Å². The number of rotatable bonds is 4. The molecule has 1 saturated heterocycles. The molecule has 2 heterocycles. The Hall–Kier alpha value is -1.60. The number of carbonyl (C=O) groups is 1. The van der Waals surface area contributed by atoms with Crippen LogP contribution < -0.4 is 10.6 Å². The van der Waals surface area contributed by atoms with Gasteiger partial charge in [0.15, 0.2) is 0 Å². The van der Waals surface area contributed by atoms with Gasteiger partial charge in [0, 0.05) is 38.8 Å². The van der Waals surface area contributed by atoms with Crippen LogP contribution in [0.3, 0.4) is 0 Å². The first kappa shape index (κ1) is 14.8. The first-order valence-corrected chi connectivity index (χ1v) is 6.93. The number of nitrogens with zero attached hydrogens (tertiary/aromatic N) is 3. The summed E-state index contributed by atoms with van der Waals surface area (Å²) in [5.74, 6) is 0.694. The molecule has 0 saturated carbocycles. The van der Waals surface area contributed by atoms with Crippen LogP contribution in [0.2, 0.25) is 0 Å². The Labute approximate surface area is 119 Å². The molecule has 0 unspecified atom stereocenters. The van der Waals surface area contributed by atoms with E-state index in [9.17, 15) is 4.79 Å². The summed E-state index contributed by atoms with van der Waals surface area (Å²) in [6, 6.07) is 1.94. The summed E-state index contributed by atoms with van der Waals surface area (Å²) >= 11 is 0. The van der Waals surface area contributed by atoms with Crippen molar-refractivity contribution in [2.75, 3.05) is 38.2 Å². The van der Waals surface area contributed by atoms with Crippen molar-refractivity contribution in [2.45, 2.75) is 19.9 Å². The quantitative estimate of drug-likeness (QED) is 0.846. The minimum Gasteiger partial charge on any atom is -0.379 e. The number of ether oxygens (including phenoxy) is 1. The molecule has 7 heteroatoms. The van der Waals surface area contributed by atoms with Crippen LogP contribution in [0.4, 0.5) is 10.6 Å². The zero-order chi connectivity index (χ0) is 14.5. The van der Waals surface area contributed by atoms with Gasteiger partial charge in [-0.3, -0.25) is 14.9 Å². The van der Waals surface area contributed by atoms with Gasteiger partial charge in [0.2, 0.25) is 0 Å². The number of morpholine rings is 1. The molecule has 1 aliphatic heterocycles. The smallest absolute Gasteiger partial charge is 0.320 e. The van der Waals surface area contributed by atoms with Crippen molar-refractivity contribution < 1.29 is 9.53 Å². The largest absolute Gasteiger partial charge is 0.379 e. The van der Waals surface area contributed by atoms with Crippen LogP contribution >= 0.6 is 0 Å². The predicted octanol–water partition coefficient (Wildman–Crippen LogP) is 0.571. The third-order valence-electron chi connectivity index (χ3n) is 3.47. The summed E-state index contributed by atoms with van der Waals surface area (Å²) in [7, 11) is 1.80. The van der Waals surface area contributed by atoms with Gasteiger partial charge in [-0.2, -0.15) is 5.10 Å². The van der Waals surface area contributed by atoms with Crippen LogP contribution in [0.25, 0.3) is 0 Å². The number of urea groups is 1. The number of amides is 2. The van der Waals surface area contributed by atoms with Crippen LogP contribution in [0.15, 0.2) is 6.07 Å². The van der Waals surface area contributed by atoms with Crippen LogP contribution in [-0.2, 0) is 11.8 Å². The molecule has 0 bridgehead atoms. The Morgan fingerprint density at radius 3 is 2.80 bits per heavy atom. The number of nitrogens with one attached hydrogen (secondary N) is 2. The summed E-state index contributed by atoms with van der Waals surface area (Å²) < 4.78 is 6.97. The van der Waals surface area contributed by atoms with Gasteiger partial charge < -0.3 is 10.1 Å². The second kappa shape index (κ2) is 6.71. The van der Waals surface area contributed by atoms with Crippen molar-refractivity contribution in [1.29, 1.82) is 0 Å². The molecule has 1 atom stereocenters. The lowest BCUT2D eigenvalue weighted by molar-refractivity contribution is 0.0209. The van der Waals surface area contributed by atoms with E-state index in [4.69, 9.17) is 4.74 Å². The molecule has 0 aromatic carbocycles. The van der Waals surface area contributed by atoms with E-state index >= 15 is 0 Å². The average Bonchev–Trinajstić information content (AvgIpc) is 2.75. The third kappa shape index (κ3) is 3.94. The summed E-state index contributed by atoms with van der Waals surface area (Å²) in [5, 5.41) is 9.87. The molecule has 20 heavy (non-hydrogen) atoms. The number of carbonyl (C=O) groups excluding carboxylic acids is 1. The van der Waals surface area contributed by atoms with E-state index in [0.29, 0.717) is 18.4 Å².